The van der Waals surface area contributed by atoms with E-state index in [0.717, 1.165) is 41.2 Å². The minimum Gasteiger partial charge on any atom is -0.496 e. The molecule has 0 fully saturated rings. The van der Waals surface area contributed by atoms with Crippen molar-refractivity contribution in [3.8, 4) is 5.75 Å². The number of hydrogen-bond acceptors (Lipinski definition) is 6. The van der Waals surface area contributed by atoms with E-state index in [1.165, 1.54) is 0 Å². The van der Waals surface area contributed by atoms with Crippen LogP contribution < -0.4 is 14.5 Å². The number of methoxy groups -OCH3 is 1. The number of ether oxygens (including phenoxy) is 2. The molecular formula is C26H29N3O3. The first-order chi connectivity index (χ1) is 15.5. The Kier molecular flexibility index (Phi) is 5.78. The molecule has 1 unspecified atom stereocenters. The maximum atomic E-state index is 13.0. The third kappa shape index (κ3) is 3.36. The number of hydrogen-bond donors (Lipinski definition) is 0. The summed E-state index contributed by atoms with van der Waals surface area (Å²) < 4.78 is 12.1. The first-order valence-electron chi connectivity index (χ1n) is 10.8. The zero-order valence-corrected chi connectivity index (χ0v) is 19.3. The highest BCUT2D eigenvalue weighted by Gasteiger charge is 2.50. The molecule has 166 valence electrons. The van der Waals surface area contributed by atoms with Crippen LogP contribution in [0.15, 0.2) is 60.9 Å². The number of pyridine rings is 1. The lowest BCUT2D eigenvalue weighted by Gasteiger charge is -2.32. The zero-order valence-electron chi connectivity index (χ0n) is 19.3. The van der Waals surface area contributed by atoms with Gasteiger partial charge >= 0.3 is 5.97 Å². The number of fused-ring (bicyclic) bond motifs is 1. The van der Waals surface area contributed by atoms with Gasteiger partial charge in [0.05, 0.1) is 12.7 Å². The van der Waals surface area contributed by atoms with E-state index in [-0.39, 0.29) is 5.97 Å². The van der Waals surface area contributed by atoms with Gasteiger partial charge in [-0.25, -0.2) is 4.79 Å². The van der Waals surface area contributed by atoms with E-state index >= 15 is 0 Å². The summed E-state index contributed by atoms with van der Waals surface area (Å²) in [5.41, 5.74) is 3.83. The standard InChI is InChI=1S/C26H29N3O3/c1-6-29(7-2)20-12-13-22(24(16-20)31-5)26(18-8-10-19(11-9-18)28(3)4)23-17-27-15-14-21(23)25(30)32-26/h8-17H,6-7H2,1-5H3. The van der Waals surface area contributed by atoms with Crippen LogP contribution in [-0.4, -0.2) is 45.2 Å². The van der Waals surface area contributed by atoms with E-state index in [1.54, 1.807) is 25.6 Å². The van der Waals surface area contributed by atoms with Crippen molar-refractivity contribution in [2.45, 2.75) is 19.4 Å². The number of esters is 1. The summed E-state index contributed by atoms with van der Waals surface area (Å²) in [4.78, 5) is 21.6. The molecule has 6 nitrogen and oxygen atoms in total. The molecule has 0 spiro atoms. The fraction of sp³-hybridized carbons (Fsp3) is 0.308. The van der Waals surface area contributed by atoms with Gasteiger partial charge in [0.25, 0.3) is 0 Å². The van der Waals surface area contributed by atoms with Crippen LogP contribution in [0, 0.1) is 0 Å². The van der Waals surface area contributed by atoms with Gasteiger partial charge in [0.2, 0.25) is 0 Å². The number of carbonyl (C=O) groups is 1. The van der Waals surface area contributed by atoms with Crippen LogP contribution in [0.3, 0.4) is 0 Å². The van der Waals surface area contributed by atoms with E-state index in [2.05, 4.69) is 29.8 Å². The first kappa shape index (κ1) is 21.7. The average Bonchev–Trinajstić information content (AvgIpc) is 3.13. The Morgan fingerprint density at radius 1 is 0.969 bits per heavy atom. The molecule has 0 saturated heterocycles. The van der Waals surface area contributed by atoms with E-state index in [1.807, 2.05) is 55.4 Å². The van der Waals surface area contributed by atoms with Gasteiger partial charge < -0.3 is 19.3 Å². The molecule has 1 aliphatic heterocycles. The van der Waals surface area contributed by atoms with Crippen molar-refractivity contribution >= 4 is 17.3 Å². The van der Waals surface area contributed by atoms with E-state index < -0.39 is 5.60 Å². The highest BCUT2D eigenvalue weighted by molar-refractivity contribution is 5.96. The third-order valence-electron chi connectivity index (χ3n) is 6.15. The molecule has 0 amide bonds. The lowest BCUT2D eigenvalue weighted by Crippen LogP contribution is -2.30. The molecule has 2 aromatic carbocycles. The van der Waals surface area contributed by atoms with E-state index in [4.69, 9.17) is 9.47 Å². The second-order valence-electron chi connectivity index (χ2n) is 7.99. The van der Waals surface area contributed by atoms with Crippen molar-refractivity contribution in [2.24, 2.45) is 0 Å². The molecule has 0 N–H and O–H groups in total. The highest BCUT2D eigenvalue weighted by Crippen LogP contribution is 2.50. The second-order valence-corrected chi connectivity index (χ2v) is 7.99. The lowest BCUT2D eigenvalue weighted by molar-refractivity contribution is 0.0245. The molecule has 32 heavy (non-hydrogen) atoms. The van der Waals surface area contributed by atoms with Crippen molar-refractivity contribution in [2.75, 3.05) is 44.1 Å². The molecule has 2 heterocycles. The molecule has 3 aromatic rings. The summed E-state index contributed by atoms with van der Waals surface area (Å²) >= 11 is 0. The second kappa shape index (κ2) is 8.54. The van der Waals surface area contributed by atoms with Crippen LogP contribution in [0.1, 0.15) is 40.9 Å². The van der Waals surface area contributed by atoms with Crippen LogP contribution >= 0.6 is 0 Å². The van der Waals surface area contributed by atoms with Crippen molar-refractivity contribution in [1.82, 2.24) is 4.98 Å². The molecule has 0 bridgehead atoms. The van der Waals surface area contributed by atoms with Crippen LogP contribution in [0.5, 0.6) is 5.75 Å². The molecule has 1 atom stereocenters. The van der Waals surface area contributed by atoms with Crippen LogP contribution in [0.25, 0.3) is 0 Å². The van der Waals surface area contributed by atoms with Crippen molar-refractivity contribution in [3.05, 3.63) is 83.2 Å². The summed E-state index contributed by atoms with van der Waals surface area (Å²) in [7, 11) is 5.64. The minimum absolute atomic E-state index is 0.367. The van der Waals surface area contributed by atoms with Gasteiger partial charge in [-0.15, -0.1) is 0 Å². The SMILES string of the molecule is CCN(CC)c1ccc(C2(c3ccc(N(C)C)cc3)OC(=O)c3ccncc32)c(OC)c1. The van der Waals surface area contributed by atoms with Gasteiger partial charge in [0, 0.05) is 73.7 Å². The monoisotopic (exact) mass is 431 g/mol. The molecule has 1 aliphatic rings. The summed E-state index contributed by atoms with van der Waals surface area (Å²) in [5.74, 6) is 0.296. The van der Waals surface area contributed by atoms with Gasteiger partial charge in [-0.3, -0.25) is 4.98 Å². The molecule has 0 radical (unpaired) electrons. The molecule has 0 aliphatic carbocycles. The zero-order chi connectivity index (χ0) is 22.9. The van der Waals surface area contributed by atoms with Gasteiger partial charge in [-0.05, 0) is 44.2 Å². The van der Waals surface area contributed by atoms with Crippen LogP contribution in [0.4, 0.5) is 11.4 Å². The van der Waals surface area contributed by atoms with Crippen molar-refractivity contribution in [3.63, 3.8) is 0 Å². The smallest absolute Gasteiger partial charge is 0.340 e. The Morgan fingerprint density at radius 2 is 1.66 bits per heavy atom. The number of rotatable bonds is 7. The summed E-state index contributed by atoms with van der Waals surface area (Å²) in [6.07, 6.45) is 3.34. The Bertz CT molecular complexity index is 1120. The highest BCUT2D eigenvalue weighted by atomic mass is 16.6. The molecule has 0 saturated carbocycles. The minimum atomic E-state index is -1.14. The third-order valence-corrected chi connectivity index (χ3v) is 6.15. The number of anilines is 2. The molecular weight excluding hydrogens is 402 g/mol. The predicted molar refractivity (Wildman–Crippen MR) is 127 cm³/mol. The molecule has 1 aromatic heterocycles. The summed E-state index contributed by atoms with van der Waals surface area (Å²) in [5, 5.41) is 0. The van der Waals surface area contributed by atoms with Crippen LogP contribution in [-0.2, 0) is 10.3 Å². The van der Waals surface area contributed by atoms with Gasteiger partial charge in [-0.2, -0.15) is 0 Å². The molecule has 4 rings (SSSR count). The van der Waals surface area contributed by atoms with Gasteiger partial charge in [0.15, 0.2) is 5.60 Å². The number of carbonyl (C=O) groups excluding carboxylic acids is 1. The van der Waals surface area contributed by atoms with E-state index in [9.17, 15) is 4.79 Å². The fourth-order valence-electron chi connectivity index (χ4n) is 4.42. The number of cyclic esters (lactones) is 1. The number of aromatic nitrogens is 1. The summed E-state index contributed by atoms with van der Waals surface area (Å²) in [6.45, 7) is 6.02. The molecule has 6 heteroatoms. The maximum Gasteiger partial charge on any atom is 0.340 e. The number of benzene rings is 2. The normalized spacial score (nSPS) is 17.0. The topological polar surface area (TPSA) is 54.9 Å². The number of nitrogens with zero attached hydrogens (tertiary/aromatic N) is 3. The Balaban J connectivity index is 1.97. The predicted octanol–water partition coefficient (Wildman–Crippen LogP) is 4.46. The lowest BCUT2D eigenvalue weighted by atomic mass is 9.80. The Morgan fingerprint density at radius 3 is 2.28 bits per heavy atom. The first-order valence-corrected chi connectivity index (χ1v) is 10.8. The van der Waals surface area contributed by atoms with Crippen molar-refractivity contribution in [1.29, 1.82) is 0 Å². The maximum absolute atomic E-state index is 13.0. The van der Waals surface area contributed by atoms with Crippen LogP contribution in [0.2, 0.25) is 0 Å². The van der Waals surface area contributed by atoms with Crippen molar-refractivity contribution < 1.29 is 14.3 Å². The average molecular weight is 432 g/mol. The van der Waals surface area contributed by atoms with Gasteiger partial charge in [-0.1, -0.05) is 12.1 Å². The van der Waals surface area contributed by atoms with Gasteiger partial charge in [0.1, 0.15) is 5.75 Å². The summed E-state index contributed by atoms with van der Waals surface area (Å²) in [6, 6.07) is 15.8. The fourth-order valence-corrected chi connectivity index (χ4v) is 4.42. The Hall–Kier alpha value is -3.54. The largest absolute Gasteiger partial charge is 0.496 e. The quantitative estimate of drug-likeness (QED) is 0.515. The van der Waals surface area contributed by atoms with E-state index in [0.29, 0.717) is 11.3 Å². The Labute approximate surface area is 189 Å².